The van der Waals surface area contributed by atoms with Gasteiger partial charge in [-0.15, -0.1) is 0 Å². The molecule has 2 fully saturated rings. The molecular formula is C31H37NO6S. The first kappa shape index (κ1) is 27.6. The maximum Gasteiger partial charge on any atom is 0.339 e. The Morgan fingerprint density at radius 2 is 1.62 bits per heavy atom. The molecule has 39 heavy (non-hydrogen) atoms. The van der Waals surface area contributed by atoms with Gasteiger partial charge in [-0.2, -0.15) is 4.31 Å². The molecule has 5 rings (SSSR count). The number of nitrogens with zero attached hydrogens (tertiary/aromatic N) is 1. The van der Waals surface area contributed by atoms with Crippen molar-refractivity contribution in [1.82, 2.24) is 4.31 Å². The molecule has 2 heterocycles. The molecule has 2 aromatic rings. The van der Waals surface area contributed by atoms with Crippen molar-refractivity contribution in [2.24, 2.45) is 17.8 Å². The normalized spacial score (nSPS) is 23.0. The van der Waals surface area contributed by atoms with Gasteiger partial charge in [-0.1, -0.05) is 55.0 Å². The highest BCUT2D eigenvalue weighted by Crippen LogP contribution is 2.49. The number of aliphatic hydroxyl groups excluding tert-OH is 1. The molecule has 1 aliphatic carbocycles. The van der Waals surface area contributed by atoms with Crippen LogP contribution in [-0.4, -0.2) is 48.8 Å². The summed E-state index contributed by atoms with van der Waals surface area (Å²) < 4.78 is 33.5. The number of carbonyl (C=O) groups is 2. The van der Waals surface area contributed by atoms with E-state index in [4.69, 9.17) is 4.74 Å². The monoisotopic (exact) mass is 551 g/mol. The number of Topliss-reactive ketones (excluding diaryl/α,β-unsaturated/α-hetero) is 1. The third-order valence-electron chi connectivity index (χ3n) is 8.58. The summed E-state index contributed by atoms with van der Waals surface area (Å²) in [5, 5.41) is 11.0. The van der Waals surface area contributed by atoms with Gasteiger partial charge in [-0.05, 0) is 75.0 Å². The number of cyclic esters (lactones) is 1. The van der Waals surface area contributed by atoms with Gasteiger partial charge in [0.1, 0.15) is 0 Å². The van der Waals surface area contributed by atoms with Gasteiger partial charge in [0, 0.05) is 24.9 Å². The van der Waals surface area contributed by atoms with Crippen LogP contribution in [0.25, 0.3) is 0 Å². The van der Waals surface area contributed by atoms with Gasteiger partial charge in [0.25, 0.3) is 0 Å². The summed E-state index contributed by atoms with van der Waals surface area (Å²) in [6.45, 7) is 4.69. The number of benzene rings is 2. The summed E-state index contributed by atoms with van der Waals surface area (Å²) in [7, 11) is -3.55. The summed E-state index contributed by atoms with van der Waals surface area (Å²) in [5.41, 5.74) is 2.01. The highest BCUT2D eigenvalue weighted by molar-refractivity contribution is 7.89. The van der Waals surface area contributed by atoms with Crippen molar-refractivity contribution >= 4 is 21.8 Å². The number of aryl methyl sites for hydroxylation is 1. The molecule has 3 unspecified atom stereocenters. The minimum absolute atomic E-state index is 0.0921. The lowest BCUT2D eigenvalue weighted by Gasteiger charge is -2.36. The van der Waals surface area contributed by atoms with Gasteiger partial charge in [0.15, 0.2) is 11.9 Å². The van der Waals surface area contributed by atoms with E-state index in [9.17, 15) is 23.1 Å². The first-order valence-corrected chi connectivity index (χ1v) is 15.4. The molecule has 1 saturated heterocycles. The van der Waals surface area contributed by atoms with Gasteiger partial charge in [0.05, 0.1) is 10.5 Å². The van der Waals surface area contributed by atoms with Crippen molar-refractivity contribution in [2.45, 2.75) is 69.3 Å². The zero-order chi connectivity index (χ0) is 27.7. The van der Waals surface area contributed by atoms with Crippen LogP contribution >= 0.6 is 0 Å². The largest absolute Gasteiger partial charge is 0.504 e. The predicted octanol–water partition coefficient (Wildman–Crippen LogP) is 5.31. The quantitative estimate of drug-likeness (QED) is 0.424. The SMILES string of the molecule is CCC(CC1CCN(S(=O)(=O)c2ccc(C)cc2)CC1)C1OC(=O)C(C(c2ccccc2)C2CC2)=C(O)C1=O. The number of esters is 1. The maximum absolute atomic E-state index is 13.4. The van der Waals surface area contributed by atoms with E-state index >= 15 is 0 Å². The molecule has 1 saturated carbocycles. The number of ketones is 1. The molecular weight excluding hydrogens is 514 g/mol. The molecule has 3 aliphatic rings. The van der Waals surface area contributed by atoms with Crippen molar-refractivity contribution in [2.75, 3.05) is 13.1 Å². The standard InChI is InChI=1S/C31H37NO6S/c1-3-22(19-21-15-17-32(18-16-21)39(36,37)25-13-9-20(2)10-14-25)30-29(34)28(33)27(31(35)38-30)26(24-11-12-24)23-7-5-4-6-8-23/h4-10,13-14,21-22,24,26,30,33H,3,11-12,15-19H2,1-2H3. The fraction of sp³-hybridized carbons (Fsp3) is 0.484. The number of rotatable bonds is 9. The Labute approximate surface area is 230 Å². The van der Waals surface area contributed by atoms with Crippen molar-refractivity contribution in [3.05, 3.63) is 77.1 Å². The van der Waals surface area contributed by atoms with Crippen LogP contribution in [0.2, 0.25) is 0 Å². The van der Waals surface area contributed by atoms with Gasteiger partial charge in [-0.3, -0.25) is 4.79 Å². The Bertz CT molecular complexity index is 1340. The van der Waals surface area contributed by atoms with Crippen LogP contribution in [0.4, 0.5) is 0 Å². The highest BCUT2D eigenvalue weighted by Gasteiger charge is 2.47. The number of carbonyl (C=O) groups excluding carboxylic acids is 2. The number of sulfonamides is 1. The van der Waals surface area contributed by atoms with Crippen LogP contribution in [-0.2, 0) is 24.3 Å². The Hall–Kier alpha value is -2.97. The molecule has 0 bridgehead atoms. The second-order valence-electron chi connectivity index (χ2n) is 11.2. The molecule has 208 valence electrons. The number of aliphatic hydroxyl groups is 1. The summed E-state index contributed by atoms with van der Waals surface area (Å²) in [4.78, 5) is 27.0. The maximum atomic E-state index is 13.4. The smallest absolute Gasteiger partial charge is 0.339 e. The second-order valence-corrected chi connectivity index (χ2v) is 13.2. The first-order valence-electron chi connectivity index (χ1n) is 14.0. The number of hydrogen-bond acceptors (Lipinski definition) is 6. The summed E-state index contributed by atoms with van der Waals surface area (Å²) in [5.74, 6) is -1.75. The lowest BCUT2D eigenvalue weighted by Crippen LogP contribution is -2.43. The average Bonchev–Trinajstić information content (AvgIpc) is 3.78. The van der Waals surface area contributed by atoms with E-state index in [0.29, 0.717) is 43.7 Å². The Balaban J connectivity index is 1.26. The lowest BCUT2D eigenvalue weighted by atomic mass is 9.79. The highest BCUT2D eigenvalue weighted by atomic mass is 32.2. The minimum atomic E-state index is -3.55. The van der Waals surface area contributed by atoms with Crippen LogP contribution in [0.15, 0.2) is 70.8 Å². The van der Waals surface area contributed by atoms with Gasteiger partial charge in [-0.25, -0.2) is 13.2 Å². The van der Waals surface area contributed by atoms with Crippen LogP contribution in [0.1, 0.15) is 62.5 Å². The summed E-state index contributed by atoms with van der Waals surface area (Å²) in [6, 6.07) is 16.4. The Morgan fingerprint density at radius 1 is 0.974 bits per heavy atom. The van der Waals surface area contributed by atoms with Crippen LogP contribution in [0.3, 0.4) is 0 Å². The molecule has 0 radical (unpaired) electrons. The van der Waals surface area contributed by atoms with E-state index in [1.54, 1.807) is 24.3 Å². The molecule has 8 heteroatoms. The molecule has 1 N–H and O–H groups in total. The average molecular weight is 552 g/mol. The van der Waals surface area contributed by atoms with Crippen LogP contribution in [0, 0.1) is 24.7 Å². The van der Waals surface area contributed by atoms with Crippen LogP contribution in [0.5, 0.6) is 0 Å². The molecule has 0 aromatic heterocycles. The zero-order valence-electron chi connectivity index (χ0n) is 22.6. The van der Waals surface area contributed by atoms with Crippen molar-refractivity contribution in [3.63, 3.8) is 0 Å². The third kappa shape index (κ3) is 5.68. The fourth-order valence-corrected chi connectivity index (χ4v) is 7.59. The van der Waals surface area contributed by atoms with E-state index in [1.807, 2.05) is 44.2 Å². The predicted molar refractivity (Wildman–Crippen MR) is 148 cm³/mol. The molecule has 7 nitrogen and oxygen atoms in total. The Morgan fingerprint density at radius 3 is 2.21 bits per heavy atom. The number of piperidine rings is 1. The van der Waals surface area contributed by atoms with E-state index in [2.05, 4.69) is 0 Å². The topological polar surface area (TPSA) is 101 Å². The van der Waals surface area contributed by atoms with E-state index in [1.165, 1.54) is 4.31 Å². The second kappa shape index (κ2) is 11.3. The van der Waals surface area contributed by atoms with Gasteiger partial charge < -0.3 is 9.84 Å². The van der Waals surface area contributed by atoms with E-state index < -0.39 is 33.6 Å². The van der Waals surface area contributed by atoms with Gasteiger partial charge in [0.2, 0.25) is 15.8 Å². The fourth-order valence-electron chi connectivity index (χ4n) is 6.12. The lowest BCUT2D eigenvalue weighted by molar-refractivity contribution is -0.158. The molecule has 2 aromatic carbocycles. The molecule has 2 aliphatic heterocycles. The molecule has 0 amide bonds. The summed E-state index contributed by atoms with van der Waals surface area (Å²) in [6.07, 6.45) is 3.44. The van der Waals surface area contributed by atoms with Crippen molar-refractivity contribution in [1.29, 1.82) is 0 Å². The van der Waals surface area contributed by atoms with E-state index in [0.717, 1.165) is 24.0 Å². The van der Waals surface area contributed by atoms with Crippen LogP contribution < -0.4 is 0 Å². The minimum Gasteiger partial charge on any atom is -0.504 e. The molecule has 3 atom stereocenters. The third-order valence-corrected chi connectivity index (χ3v) is 10.5. The van der Waals surface area contributed by atoms with Crippen molar-refractivity contribution in [3.8, 4) is 0 Å². The van der Waals surface area contributed by atoms with Gasteiger partial charge >= 0.3 is 5.97 Å². The van der Waals surface area contributed by atoms with E-state index in [-0.39, 0.29) is 29.2 Å². The zero-order valence-corrected chi connectivity index (χ0v) is 23.4. The van der Waals surface area contributed by atoms with Crippen molar-refractivity contribution < 1.29 is 27.9 Å². The Kier molecular flexibility index (Phi) is 7.96. The first-order chi connectivity index (χ1) is 18.7. The summed E-state index contributed by atoms with van der Waals surface area (Å²) >= 11 is 0. The molecule has 0 spiro atoms. The number of hydrogen-bond donors (Lipinski definition) is 1. The number of ether oxygens (including phenoxy) is 1.